The fourth-order valence-electron chi connectivity index (χ4n) is 7.08. The minimum atomic E-state index is 1.16. The maximum Gasteiger partial charge on any atom is 0.0641 e. The van der Waals surface area contributed by atoms with Crippen LogP contribution in [0.5, 0.6) is 0 Å². The summed E-state index contributed by atoms with van der Waals surface area (Å²) in [6, 6.07) is 61.3. The summed E-state index contributed by atoms with van der Waals surface area (Å²) in [5.41, 5.74) is 12.0. The second-order valence-electron chi connectivity index (χ2n) is 11.3. The monoisotopic (exact) mass is 560 g/mol. The van der Waals surface area contributed by atoms with E-state index in [0.29, 0.717) is 0 Å². The standard InChI is InChI=1S/C42H28N2/c1-4-15-29(16-5-1)32-23-14-24-33(30-17-6-2-7-18-30)41(32)44-38-26-13-11-22-36(38)40-39(44)28-27-35-34-21-10-12-25-37(34)43(42(35)40)31-19-8-3-9-20-31/h1-28H. The average Bonchev–Trinajstić information content (AvgIpc) is 3.62. The summed E-state index contributed by atoms with van der Waals surface area (Å²) in [5.74, 6) is 0. The van der Waals surface area contributed by atoms with Crippen LogP contribution in [0.2, 0.25) is 0 Å². The first kappa shape index (κ1) is 24.7. The Hall–Kier alpha value is -5.86. The molecule has 2 heterocycles. The largest absolute Gasteiger partial charge is 0.309 e. The molecule has 0 saturated carbocycles. The Balaban J connectivity index is 1.50. The Bertz CT molecular complexity index is 2410. The molecule has 44 heavy (non-hydrogen) atoms. The normalized spacial score (nSPS) is 11.6. The van der Waals surface area contributed by atoms with Gasteiger partial charge in [-0.25, -0.2) is 0 Å². The molecule has 0 aliphatic heterocycles. The summed E-state index contributed by atoms with van der Waals surface area (Å²) < 4.78 is 4.95. The van der Waals surface area contributed by atoms with Gasteiger partial charge in [0.15, 0.2) is 0 Å². The van der Waals surface area contributed by atoms with E-state index in [0.717, 1.165) is 5.69 Å². The summed E-state index contributed by atoms with van der Waals surface area (Å²) in [7, 11) is 0. The van der Waals surface area contributed by atoms with Crippen LogP contribution < -0.4 is 0 Å². The predicted octanol–water partition coefficient (Wildman–Crippen LogP) is 11.2. The van der Waals surface area contributed by atoms with Gasteiger partial charge in [-0.1, -0.05) is 140 Å². The van der Waals surface area contributed by atoms with E-state index in [1.165, 1.54) is 71.6 Å². The van der Waals surface area contributed by atoms with Crippen LogP contribution in [-0.4, -0.2) is 9.13 Å². The van der Waals surface area contributed by atoms with E-state index in [9.17, 15) is 0 Å². The molecule has 0 radical (unpaired) electrons. The molecule has 0 fully saturated rings. The van der Waals surface area contributed by atoms with Crippen molar-refractivity contribution in [2.24, 2.45) is 0 Å². The molecule has 0 bridgehead atoms. The van der Waals surface area contributed by atoms with Crippen LogP contribution in [-0.2, 0) is 0 Å². The highest BCUT2D eigenvalue weighted by molar-refractivity contribution is 6.26. The third kappa shape index (κ3) is 3.61. The minimum Gasteiger partial charge on any atom is -0.309 e. The smallest absolute Gasteiger partial charge is 0.0641 e. The van der Waals surface area contributed by atoms with Crippen molar-refractivity contribution in [2.45, 2.75) is 0 Å². The van der Waals surface area contributed by atoms with E-state index in [4.69, 9.17) is 0 Å². The topological polar surface area (TPSA) is 9.86 Å². The molecule has 0 aliphatic rings. The van der Waals surface area contributed by atoms with Gasteiger partial charge in [0.05, 0.1) is 27.8 Å². The van der Waals surface area contributed by atoms with E-state index in [2.05, 4.69) is 179 Å². The van der Waals surface area contributed by atoms with Gasteiger partial charge in [-0.2, -0.15) is 0 Å². The molecule has 0 unspecified atom stereocenters. The lowest BCUT2D eigenvalue weighted by atomic mass is 9.95. The van der Waals surface area contributed by atoms with Crippen molar-refractivity contribution < 1.29 is 0 Å². The van der Waals surface area contributed by atoms with Gasteiger partial charge in [0, 0.05) is 38.4 Å². The predicted molar refractivity (Wildman–Crippen MR) is 186 cm³/mol. The third-order valence-corrected chi connectivity index (χ3v) is 8.91. The van der Waals surface area contributed by atoms with Gasteiger partial charge >= 0.3 is 0 Å². The lowest BCUT2D eigenvalue weighted by molar-refractivity contribution is 1.18. The summed E-state index contributed by atoms with van der Waals surface area (Å²) in [6.45, 7) is 0. The first-order chi connectivity index (χ1) is 21.9. The van der Waals surface area contributed by atoms with Crippen molar-refractivity contribution in [2.75, 3.05) is 0 Å². The van der Waals surface area contributed by atoms with Gasteiger partial charge in [-0.05, 0) is 41.5 Å². The summed E-state index contributed by atoms with van der Waals surface area (Å²) in [6.07, 6.45) is 0. The van der Waals surface area contributed by atoms with E-state index in [-0.39, 0.29) is 0 Å². The zero-order valence-corrected chi connectivity index (χ0v) is 24.1. The molecule has 2 aromatic heterocycles. The van der Waals surface area contributed by atoms with Gasteiger partial charge in [-0.15, -0.1) is 0 Å². The number of aromatic nitrogens is 2. The van der Waals surface area contributed by atoms with Gasteiger partial charge < -0.3 is 9.13 Å². The fourth-order valence-corrected chi connectivity index (χ4v) is 7.08. The number of para-hydroxylation sites is 4. The zero-order valence-electron chi connectivity index (χ0n) is 24.1. The Morgan fingerprint density at radius 2 is 0.841 bits per heavy atom. The van der Waals surface area contributed by atoms with Gasteiger partial charge in [0.2, 0.25) is 0 Å². The summed E-state index contributed by atoms with van der Waals surface area (Å²) >= 11 is 0. The van der Waals surface area contributed by atoms with Crippen molar-refractivity contribution in [3.63, 3.8) is 0 Å². The fraction of sp³-hybridized carbons (Fsp3) is 0. The number of nitrogens with zero attached hydrogens (tertiary/aromatic N) is 2. The van der Waals surface area contributed by atoms with Crippen molar-refractivity contribution in [1.29, 1.82) is 0 Å². The van der Waals surface area contributed by atoms with Crippen LogP contribution in [0.25, 0.3) is 77.2 Å². The lowest BCUT2D eigenvalue weighted by Gasteiger charge is -2.19. The van der Waals surface area contributed by atoms with E-state index in [1.807, 2.05) is 0 Å². The quantitative estimate of drug-likeness (QED) is 0.203. The van der Waals surface area contributed by atoms with Crippen LogP contribution in [0.15, 0.2) is 170 Å². The third-order valence-electron chi connectivity index (χ3n) is 8.91. The van der Waals surface area contributed by atoms with Crippen molar-refractivity contribution in [3.05, 3.63) is 170 Å². The molecule has 0 aliphatic carbocycles. The number of hydrogen-bond acceptors (Lipinski definition) is 0. The van der Waals surface area contributed by atoms with Gasteiger partial charge in [-0.3, -0.25) is 0 Å². The van der Waals surface area contributed by atoms with E-state index >= 15 is 0 Å². The number of hydrogen-bond donors (Lipinski definition) is 0. The van der Waals surface area contributed by atoms with Gasteiger partial charge in [0.1, 0.15) is 0 Å². The molecule has 2 nitrogen and oxygen atoms in total. The number of benzene rings is 7. The maximum atomic E-state index is 2.50. The first-order valence-electron chi connectivity index (χ1n) is 15.1. The molecule has 2 heteroatoms. The van der Waals surface area contributed by atoms with Crippen LogP contribution in [0.4, 0.5) is 0 Å². The highest BCUT2D eigenvalue weighted by Gasteiger charge is 2.23. The lowest BCUT2D eigenvalue weighted by Crippen LogP contribution is -2.00. The highest BCUT2D eigenvalue weighted by Crippen LogP contribution is 2.45. The van der Waals surface area contributed by atoms with E-state index in [1.54, 1.807) is 0 Å². The van der Waals surface area contributed by atoms with Crippen molar-refractivity contribution in [1.82, 2.24) is 9.13 Å². The molecule has 9 aromatic rings. The molecule has 0 saturated heterocycles. The molecule has 0 atom stereocenters. The molecule has 0 N–H and O–H groups in total. The molecule has 206 valence electrons. The Labute approximate surface area is 255 Å². The first-order valence-corrected chi connectivity index (χ1v) is 15.1. The SMILES string of the molecule is c1ccc(-c2cccc(-c3ccccc3)c2-n2c3ccccc3c3c2ccc2c4ccccc4n(-c4ccccc4)c23)cc1. The molecule has 9 rings (SSSR count). The average molecular weight is 561 g/mol. The second kappa shape index (κ2) is 9.86. The Morgan fingerprint density at radius 1 is 0.318 bits per heavy atom. The second-order valence-corrected chi connectivity index (χ2v) is 11.3. The molecule has 0 amide bonds. The summed E-state index contributed by atoms with van der Waals surface area (Å²) in [4.78, 5) is 0. The van der Waals surface area contributed by atoms with Crippen LogP contribution in [0, 0.1) is 0 Å². The van der Waals surface area contributed by atoms with Crippen LogP contribution in [0.3, 0.4) is 0 Å². The molecule has 7 aromatic carbocycles. The Kier molecular flexibility index (Phi) is 5.54. The zero-order chi connectivity index (χ0) is 29.0. The maximum absolute atomic E-state index is 2.50. The van der Waals surface area contributed by atoms with Gasteiger partial charge in [0.25, 0.3) is 0 Å². The molecule has 0 spiro atoms. The summed E-state index contributed by atoms with van der Waals surface area (Å²) in [5, 5.41) is 5.04. The molecular formula is C42H28N2. The van der Waals surface area contributed by atoms with Crippen LogP contribution in [0.1, 0.15) is 0 Å². The minimum absolute atomic E-state index is 1.16. The van der Waals surface area contributed by atoms with E-state index < -0.39 is 0 Å². The highest BCUT2D eigenvalue weighted by atomic mass is 15.0. The van der Waals surface area contributed by atoms with Crippen molar-refractivity contribution >= 4 is 43.6 Å². The number of rotatable bonds is 4. The Morgan fingerprint density at radius 3 is 1.48 bits per heavy atom. The van der Waals surface area contributed by atoms with Crippen LogP contribution >= 0.6 is 0 Å². The van der Waals surface area contributed by atoms with Crippen molar-refractivity contribution in [3.8, 4) is 33.6 Å². The number of fused-ring (bicyclic) bond motifs is 7. The molecular weight excluding hydrogens is 532 g/mol.